The maximum Gasteiger partial charge on any atom is 0.573 e. The molecule has 14 heteroatoms. The predicted molar refractivity (Wildman–Crippen MR) is 118 cm³/mol. The van der Waals surface area contributed by atoms with Crippen LogP contribution in [0.2, 0.25) is 0 Å². The second-order valence-electron chi connectivity index (χ2n) is 7.60. The highest BCUT2D eigenvalue weighted by atomic mass is 32.1. The van der Waals surface area contributed by atoms with Gasteiger partial charge in [0.15, 0.2) is 5.13 Å². The van der Waals surface area contributed by atoms with Crippen LogP contribution in [0.15, 0.2) is 53.9 Å². The standard InChI is InChI=1S/C22H16F6N4O3S/c23-21(24,25)14-4-1-3-13(9-14)11-31-7-8-32(20(31)34)19-30-17(12-36-19)18(33)29-15-5-2-6-16(10-15)35-22(26,27)28/h1-6,9-10,12H,7-8,11H2,(H,29,33). The SMILES string of the molecule is O=C(Nc1cccc(OC(F)(F)F)c1)c1csc(N2CCN(Cc3cccc(C(F)(F)F)c3)C2=O)n1. The minimum absolute atomic E-state index is 0.0334. The molecule has 3 aromatic rings. The van der Waals surface area contributed by atoms with Gasteiger partial charge in [-0.3, -0.25) is 9.69 Å². The van der Waals surface area contributed by atoms with E-state index in [9.17, 15) is 35.9 Å². The van der Waals surface area contributed by atoms with Crippen LogP contribution < -0.4 is 15.0 Å². The smallest absolute Gasteiger partial charge is 0.406 e. The van der Waals surface area contributed by atoms with Gasteiger partial charge < -0.3 is 15.0 Å². The molecule has 1 fully saturated rings. The number of carbonyl (C=O) groups excluding carboxylic acids is 2. The van der Waals surface area contributed by atoms with Crippen molar-refractivity contribution < 1.29 is 40.7 Å². The van der Waals surface area contributed by atoms with Gasteiger partial charge in [0, 0.05) is 36.8 Å². The first kappa shape index (κ1) is 25.3. The zero-order chi connectivity index (χ0) is 26.1. The van der Waals surface area contributed by atoms with Crippen LogP contribution in [0.1, 0.15) is 21.6 Å². The summed E-state index contributed by atoms with van der Waals surface area (Å²) in [6, 6.07) is 8.92. The van der Waals surface area contributed by atoms with Crippen molar-refractivity contribution >= 4 is 34.1 Å². The lowest BCUT2D eigenvalue weighted by molar-refractivity contribution is -0.274. The number of ether oxygens (including phenoxy) is 1. The third-order valence-electron chi connectivity index (χ3n) is 5.00. The fourth-order valence-corrected chi connectivity index (χ4v) is 4.26. The van der Waals surface area contributed by atoms with Gasteiger partial charge in [-0.1, -0.05) is 18.2 Å². The number of nitrogens with one attached hydrogen (secondary N) is 1. The molecule has 190 valence electrons. The van der Waals surface area contributed by atoms with Crippen LogP contribution in [0.3, 0.4) is 0 Å². The molecule has 1 aromatic heterocycles. The van der Waals surface area contributed by atoms with Crippen molar-refractivity contribution in [1.82, 2.24) is 9.88 Å². The summed E-state index contributed by atoms with van der Waals surface area (Å²) in [7, 11) is 0. The second kappa shape index (κ2) is 9.68. The largest absolute Gasteiger partial charge is 0.573 e. The van der Waals surface area contributed by atoms with Crippen molar-refractivity contribution in [2.24, 2.45) is 0 Å². The third kappa shape index (κ3) is 6.05. The maximum absolute atomic E-state index is 13.0. The highest BCUT2D eigenvalue weighted by Crippen LogP contribution is 2.31. The minimum Gasteiger partial charge on any atom is -0.406 e. The number of urea groups is 1. The summed E-state index contributed by atoms with van der Waals surface area (Å²) in [6.45, 7) is 0.416. The molecular formula is C22H16F6N4O3S. The fraction of sp³-hybridized carbons (Fsp3) is 0.227. The molecule has 0 atom stereocenters. The van der Waals surface area contributed by atoms with E-state index < -0.39 is 35.8 Å². The van der Waals surface area contributed by atoms with Crippen LogP contribution >= 0.6 is 11.3 Å². The van der Waals surface area contributed by atoms with Gasteiger partial charge in [0.2, 0.25) is 0 Å². The molecule has 2 heterocycles. The number of rotatable bonds is 6. The summed E-state index contributed by atoms with van der Waals surface area (Å²) >= 11 is 0.999. The lowest BCUT2D eigenvalue weighted by Gasteiger charge is -2.17. The molecule has 7 nitrogen and oxygen atoms in total. The number of hydrogen-bond acceptors (Lipinski definition) is 5. The third-order valence-corrected chi connectivity index (χ3v) is 5.87. The molecule has 0 aliphatic carbocycles. The Hall–Kier alpha value is -3.81. The van der Waals surface area contributed by atoms with E-state index in [2.05, 4.69) is 15.0 Å². The first-order chi connectivity index (χ1) is 16.9. The number of hydrogen-bond donors (Lipinski definition) is 1. The molecule has 4 rings (SSSR count). The lowest BCUT2D eigenvalue weighted by atomic mass is 10.1. The van der Waals surface area contributed by atoms with Crippen molar-refractivity contribution in [3.05, 3.63) is 70.7 Å². The molecule has 1 aliphatic heterocycles. The molecule has 3 amide bonds. The zero-order valence-corrected chi connectivity index (χ0v) is 18.9. The molecule has 2 aromatic carbocycles. The van der Waals surface area contributed by atoms with Gasteiger partial charge >= 0.3 is 18.6 Å². The van der Waals surface area contributed by atoms with Crippen molar-refractivity contribution in [3.63, 3.8) is 0 Å². The summed E-state index contributed by atoms with van der Waals surface area (Å²) < 4.78 is 79.9. The van der Waals surface area contributed by atoms with E-state index in [1.807, 2.05) is 0 Å². The van der Waals surface area contributed by atoms with Crippen LogP contribution in [0.25, 0.3) is 0 Å². The number of amides is 3. The Morgan fingerprint density at radius 3 is 2.53 bits per heavy atom. The van der Waals surface area contributed by atoms with Crippen LogP contribution in [-0.4, -0.2) is 41.3 Å². The van der Waals surface area contributed by atoms with E-state index in [0.29, 0.717) is 5.56 Å². The van der Waals surface area contributed by atoms with Crippen LogP contribution in [-0.2, 0) is 12.7 Å². The number of aromatic nitrogens is 1. The van der Waals surface area contributed by atoms with Crippen molar-refractivity contribution in [3.8, 4) is 5.75 Å². The minimum atomic E-state index is -4.89. The van der Waals surface area contributed by atoms with E-state index in [1.165, 1.54) is 39.4 Å². The monoisotopic (exact) mass is 530 g/mol. The average Bonchev–Trinajstić information content (AvgIpc) is 3.40. The summed E-state index contributed by atoms with van der Waals surface area (Å²) in [5.74, 6) is -1.23. The Labute approximate surface area is 203 Å². The Morgan fingerprint density at radius 1 is 1.06 bits per heavy atom. The Balaban J connectivity index is 1.40. The number of carbonyl (C=O) groups is 2. The molecule has 1 aliphatic rings. The van der Waals surface area contributed by atoms with E-state index in [-0.39, 0.29) is 36.1 Å². The van der Waals surface area contributed by atoms with Crippen molar-refractivity contribution in [1.29, 1.82) is 0 Å². The van der Waals surface area contributed by atoms with Crippen LogP contribution in [0.4, 0.5) is 42.0 Å². The normalized spacial score (nSPS) is 14.3. The van der Waals surface area contributed by atoms with Crippen LogP contribution in [0, 0.1) is 0 Å². The van der Waals surface area contributed by atoms with Gasteiger partial charge in [0.05, 0.1) is 5.56 Å². The van der Waals surface area contributed by atoms with E-state index in [1.54, 1.807) is 0 Å². The maximum atomic E-state index is 13.0. The zero-order valence-electron chi connectivity index (χ0n) is 18.1. The first-order valence-corrected chi connectivity index (χ1v) is 11.1. The topological polar surface area (TPSA) is 74.8 Å². The Kier molecular flexibility index (Phi) is 6.80. The molecule has 1 N–H and O–H groups in total. The molecule has 0 unspecified atom stereocenters. The quantitative estimate of drug-likeness (QED) is 0.412. The molecule has 1 saturated heterocycles. The van der Waals surface area contributed by atoms with Crippen molar-refractivity contribution in [2.75, 3.05) is 23.3 Å². The summed E-state index contributed by atoms with van der Waals surface area (Å²) in [6.07, 6.45) is -9.38. The van der Waals surface area contributed by atoms with Gasteiger partial charge in [-0.2, -0.15) is 13.2 Å². The molecule has 0 bridgehead atoms. The van der Waals surface area contributed by atoms with E-state index >= 15 is 0 Å². The molecular weight excluding hydrogens is 514 g/mol. The lowest BCUT2D eigenvalue weighted by Crippen LogP contribution is -2.31. The summed E-state index contributed by atoms with van der Waals surface area (Å²) in [5.41, 5.74) is -0.521. The van der Waals surface area contributed by atoms with Gasteiger partial charge in [-0.15, -0.1) is 24.5 Å². The van der Waals surface area contributed by atoms with E-state index in [0.717, 1.165) is 35.6 Å². The van der Waals surface area contributed by atoms with Gasteiger partial charge in [-0.05, 0) is 29.8 Å². The molecule has 36 heavy (non-hydrogen) atoms. The molecule has 0 saturated carbocycles. The number of nitrogens with zero attached hydrogens (tertiary/aromatic N) is 3. The fourth-order valence-electron chi connectivity index (χ4n) is 3.43. The highest BCUT2D eigenvalue weighted by Gasteiger charge is 2.34. The number of thiazole rings is 1. The van der Waals surface area contributed by atoms with Gasteiger partial charge in [0.1, 0.15) is 11.4 Å². The number of anilines is 2. The average molecular weight is 530 g/mol. The second-order valence-corrected chi connectivity index (χ2v) is 8.44. The molecule has 0 radical (unpaired) electrons. The molecule has 0 spiro atoms. The number of alkyl halides is 6. The van der Waals surface area contributed by atoms with Crippen LogP contribution in [0.5, 0.6) is 5.75 Å². The predicted octanol–water partition coefficient (Wildman–Crippen LogP) is 5.76. The van der Waals surface area contributed by atoms with Gasteiger partial charge in [-0.25, -0.2) is 9.78 Å². The Bertz CT molecular complexity index is 1280. The summed E-state index contributed by atoms with van der Waals surface area (Å²) in [4.78, 5) is 32.1. The Morgan fingerprint density at radius 2 is 1.81 bits per heavy atom. The first-order valence-electron chi connectivity index (χ1n) is 10.2. The number of halogens is 6. The highest BCUT2D eigenvalue weighted by molar-refractivity contribution is 7.14. The van der Waals surface area contributed by atoms with Gasteiger partial charge in [0.25, 0.3) is 5.91 Å². The number of benzene rings is 2. The summed E-state index contributed by atoms with van der Waals surface area (Å²) in [5, 5.41) is 3.99. The van der Waals surface area contributed by atoms with E-state index in [4.69, 9.17) is 0 Å². The van der Waals surface area contributed by atoms with Crippen molar-refractivity contribution in [2.45, 2.75) is 19.1 Å².